The highest BCUT2D eigenvalue weighted by atomic mass is 17.3. The summed E-state index contributed by atoms with van der Waals surface area (Å²) in [6.07, 6.45) is 4.42. The molecule has 274 valence electrons. The second kappa shape index (κ2) is 13.6. The van der Waals surface area contributed by atoms with Gasteiger partial charge >= 0.3 is 11.7 Å². The standard InChI is InChI=1S/C33H46N6O11/c1-17-8-9-22-19(3)29(47-30-33(22)21(17)10-11-32(4,48-30)49-50-33)46-27(42)7-5-6-25(41)34-13-20-15-39(37-36-20)23-12-26(45-24(23)16-40)38-14-18(2)28(43)35-31(38)44/h14-15,17,19,21-24,26,29-30,40H,5-13,16H2,1-4H3,(H,34,41)(H,35,43,44)/t17-,19-,21+,22+,23+,24-,26-,29-,30-,32-,33-/m1/s1. The zero-order chi connectivity index (χ0) is 35.4. The van der Waals surface area contributed by atoms with Crippen LogP contribution in [-0.4, -0.2) is 78.2 Å². The van der Waals surface area contributed by atoms with E-state index in [0.29, 0.717) is 30.0 Å². The van der Waals surface area contributed by atoms with Crippen molar-refractivity contribution in [3.05, 3.63) is 44.5 Å². The van der Waals surface area contributed by atoms with Crippen molar-refractivity contribution in [2.24, 2.45) is 23.7 Å². The van der Waals surface area contributed by atoms with E-state index in [0.717, 1.165) is 19.3 Å². The summed E-state index contributed by atoms with van der Waals surface area (Å²) in [6.45, 7) is 7.47. The van der Waals surface area contributed by atoms with E-state index in [1.165, 1.54) is 15.4 Å². The summed E-state index contributed by atoms with van der Waals surface area (Å²) in [6, 6.07) is -0.440. The Balaban J connectivity index is 0.881. The minimum absolute atomic E-state index is 0.0355. The van der Waals surface area contributed by atoms with Gasteiger partial charge in [-0.1, -0.05) is 19.1 Å². The molecule has 7 heterocycles. The van der Waals surface area contributed by atoms with Crippen LogP contribution in [0.1, 0.15) is 95.7 Å². The van der Waals surface area contributed by atoms with Crippen LogP contribution in [0.15, 0.2) is 22.0 Å². The molecule has 1 saturated carbocycles. The van der Waals surface area contributed by atoms with E-state index in [9.17, 15) is 24.3 Å². The Labute approximate surface area is 287 Å². The molecule has 6 fully saturated rings. The van der Waals surface area contributed by atoms with Crippen LogP contribution in [0.4, 0.5) is 0 Å². The van der Waals surface area contributed by atoms with Crippen molar-refractivity contribution < 1.29 is 43.4 Å². The quantitative estimate of drug-likeness (QED) is 0.237. The minimum atomic E-state index is -0.919. The zero-order valence-electron chi connectivity index (χ0n) is 28.7. The lowest BCUT2D eigenvalue weighted by Gasteiger charge is -2.59. The van der Waals surface area contributed by atoms with E-state index in [2.05, 4.69) is 27.5 Å². The van der Waals surface area contributed by atoms with E-state index in [4.69, 9.17) is 28.7 Å². The number of hydrogen-bond acceptors (Lipinski definition) is 13. The predicted molar refractivity (Wildman–Crippen MR) is 169 cm³/mol. The highest BCUT2D eigenvalue weighted by Crippen LogP contribution is 2.60. The molecule has 0 unspecified atom stereocenters. The molecule has 5 saturated heterocycles. The van der Waals surface area contributed by atoms with Gasteiger partial charge in [0.1, 0.15) is 18.0 Å². The first-order valence-corrected chi connectivity index (χ1v) is 17.6. The van der Waals surface area contributed by atoms with Gasteiger partial charge in [0.05, 0.1) is 25.4 Å². The van der Waals surface area contributed by atoms with Crippen LogP contribution < -0.4 is 16.6 Å². The van der Waals surface area contributed by atoms with Crippen molar-refractivity contribution in [1.82, 2.24) is 29.9 Å². The van der Waals surface area contributed by atoms with Gasteiger partial charge in [0, 0.05) is 49.3 Å². The Morgan fingerprint density at radius 3 is 2.74 bits per heavy atom. The van der Waals surface area contributed by atoms with Crippen molar-refractivity contribution in [1.29, 1.82) is 0 Å². The number of hydrogen-bond donors (Lipinski definition) is 3. The molecule has 2 aromatic heterocycles. The number of aromatic amines is 1. The number of esters is 1. The SMILES string of the molecule is Cc1cn([C@H]2C[C@H](n3cc(CNC(=O)CCCC(=O)O[C@@H]4O[C@@H]5O[C@@]6(C)CC[C@H]7[C@H](C)CC[C@@H]([C@H]4C)[C@@]57OO6)nn3)[C@@H](CO)O2)c(=O)[nH]c1=O. The van der Waals surface area contributed by atoms with Gasteiger partial charge in [-0.3, -0.25) is 23.9 Å². The molecule has 17 nitrogen and oxygen atoms in total. The number of nitrogens with one attached hydrogen (secondary N) is 2. The first kappa shape index (κ1) is 34.9. The molecule has 50 heavy (non-hydrogen) atoms. The lowest BCUT2D eigenvalue weighted by Crippen LogP contribution is -2.70. The fourth-order valence-corrected chi connectivity index (χ4v) is 8.55. The van der Waals surface area contributed by atoms with Gasteiger partial charge < -0.3 is 29.4 Å². The molecule has 1 aliphatic carbocycles. The van der Waals surface area contributed by atoms with Gasteiger partial charge in [-0.15, -0.1) is 5.10 Å². The number of aromatic nitrogens is 5. The van der Waals surface area contributed by atoms with E-state index >= 15 is 0 Å². The molecule has 2 aromatic rings. The Morgan fingerprint density at radius 2 is 1.94 bits per heavy atom. The third-order valence-corrected chi connectivity index (χ3v) is 11.3. The van der Waals surface area contributed by atoms with Crippen LogP contribution in [0.3, 0.4) is 0 Å². The number of rotatable bonds is 10. The summed E-state index contributed by atoms with van der Waals surface area (Å²) >= 11 is 0. The average molecular weight is 703 g/mol. The highest BCUT2D eigenvalue weighted by Gasteiger charge is 2.69. The van der Waals surface area contributed by atoms with E-state index < -0.39 is 59.6 Å². The molecule has 1 amide bonds. The summed E-state index contributed by atoms with van der Waals surface area (Å²) in [5.41, 5.74) is -0.988. The number of aryl methyl sites for hydroxylation is 1. The van der Waals surface area contributed by atoms with Crippen LogP contribution in [-0.2, 0) is 44.9 Å². The average Bonchev–Trinajstić information content (AvgIpc) is 3.67. The van der Waals surface area contributed by atoms with Crippen molar-refractivity contribution in [2.45, 2.75) is 128 Å². The fourth-order valence-electron chi connectivity index (χ4n) is 8.55. The second-order valence-corrected chi connectivity index (χ2v) is 14.7. The van der Waals surface area contributed by atoms with Crippen molar-refractivity contribution in [3.8, 4) is 0 Å². The molecule has 8 rings (SSSR count). The Morgan fingerprint density at radius 1 is 1.12 bits per heavy atom. The van der Waals surface area contributed by atoms with Crippen LogP contribution in [0, 0.1) is 30.6 Å². The maximum absolute atomic E-state index is 12.9. The van der Waals surface area contributed by atoms with Gasteiger partial charge in [-0.2, -0.15) is 0 Å². The third-order valence-electron chi connectivity index (χ3n) is 11.3. The Bertz CT molecular complexity index is 1710. The van der Waals surface area contributed by atoms with Crippen molar-refractivity contribution in [3.63, 3.8) is 0 Å². The minimum Gasteiger partial charge on any atom is -0.435 e. The van der Waals surface area contributed by atoms with E-state index in [-0.39, 0.29) is 56.1 Å². The van der Waals surface area contributed by atoms with E-state index in [1.807, 2.05) is 13.8 Å². The molecule has 6 aliphatic rings. The van der Waals surface area contributed by atoms with Crippen LogP contribution in [0.2, 0.25) is 0 Å². The van der Waals surface area contributed by atoms with Crippen LogP contribution >= 0.6 is 0 Å². The maximum atomic E-state index is 12.9. The molecular formula is C33H46N6O11. The van der Waals surface area contributed by atoms with Crippen molar-refractivity contribution >= 4 is 11.9 Å². The molecule has 11 atom stereocenters. The normalized spacial score (nSPS) is 37.6. The number of fused-ring (bicyclic) bond motifs is 2. The summed E-state index contributed by atoms with van der Waals surface area (Å²) in [4.78, 5) is 63.9. The Hall–Kier alpha value is -3.48. The summed E-state index contributed by atoms with van der Waals surface area (Å²) in [5.74, 6) is -1.10. The number of carbonyl (C=O) groups excluding carboxylic acids is 2. The molecule has 3 N–H and O–H groups in total. The number of amides is 1. The fraction of sp³-hybridized carbons (Fsp3) is 0.758. The van der Waals surface area contributed by atoms with Gasteiger partial charge in [0.25, 0.3) is 5.56 Å². The summed E-state index contributed by atoms with van der Waals surface area (Å²) in [7, 11) is 0. The topological polar surface area (TPSA) is 207 Å². The lowest BCUT2D eigenvalue weighted by atomic mass is 9.58. The summed E-state index contributed by atoms with van der Waals surface area (Å²) in [5, 5.41) is 21.0. The van der Waals surface area contributed by atoms with Gasteiger partial charge in [0.2, 0.25) is 18.0 Å². The number of ether oxygens (including phenoxy) is 4. The lowest BCUT2D eigenvalue weighted by molar-refractivity contribution is -0.576. The largest absolute Gasteiger partial charge is 0.435 e. The number of carbonyl (C=O) groups is 2. The molecule has 2 bridgehead atoms. The van der Waals surface area contributed by atoms with Crippen LogP contribution in [0.25, 0.3) is 0 Å². The van der Waals surface area contributed by atoms with Gasteiger partial charge in [-0.05, 0) is 51.4 Å². The second-order valence-electron chi connectivity index (χ2n) is 14.7. The zero-order valence-corrected chi connectivity index (χ0v) is 28.7. The number of aliphatic hydroxyl groups excluding tert-OH is 1. The summed E-state index contributed by atoms with van der Waals surface area (Å²) < 4.78 is 27.2. The first-order chi connectivity index (χ1) is 23.9. The molecular weight excluding hydrogens is 656 g/mol. The molecule has 1 spiro atoms. The molecule has 17 heteroatoms. The van der Waals surface area contributed by atoms with E-state index in [1.54, 1.807) is 13.1 Å². The number of H-pyrrole nitrogens is 1. The molecule has 5 aliphatic heterocycles. The predicted octanol–water partition coefficient (Wildman–Crippen LogP) is 1.50. The monoisotopic (exact) mass is 702 g/mol. The van der Waals surface area contributed by atoms with Crippen LogP contribution in [0.5, 0.6) is 0 Å². The highest BCUT2D eigenvalue weighted by molar-refractivity contribution is 5.77. The Kier molecular flexibility index (Phi) is 9.49. The molecule has 0 aromatic carbocycles. The number of aliphatic hydroxyl groups is 1. The van der Waals surface area contributed by atoms with Crippen molar-refractivity contribution in [2.75, 3.05) is 6.61 Å². The first-order valence-electron chi connectivity index (χ1n) is 17.6. The molecule has 0 radical (unpaired) electrons. The maximum Gasteiger partial charge on any atom is 0.330 e. The van der Waals surface area contributed by atoms with Gasteiger partial charge in [0.15, 0.2) is 11.9 Å². The van der Waals surface area contributed by atoms with Gasteiger partial charge in [-0.25, -0.2) is 19.3 Å². The number of nitrogens with zero attached hydrogens (tertiary/aromatic N) is 4. The smallest absolute Gasteiger partial charge is 0.330 e. The third kappa shape index (κ3) is 6.32.